The number of rotatable bonds is 7. The average molecular weight is 450 g/mol. The zero-order chi connectivity index (χ0) is 22.5. The number of nitriles is 1. The molecule has 32 heavy (non-hydrogen) atoms. The molecule has 0 amide bonds. The van der Waals surface area contributed by atoms with E-state index < -0.39 is 0 Å². The lowest BCUT2D eigenvalue weighted by Crippen LogP contribution is -2.32. The molecule has 3 aromatic rings. The van der Waals surface area contributed by atoms with Gasteiger partial charge in [-0.25, -0.2) is 9.37 Å². The monoisotopic (exact) mass is 449 g/mol. The summed E-state index contributed by atoms with van der Waals surface area (Å²) in [5.41, 5.74) is 1.33. The number of anilines is 1. The quantitative estimate of drug-likeness (QED) is 0.531. The first-order valence-corrected chi connectivity index (χ1v) is 11.2. The van der Waals surface area contributed by atoms with Crippen molar-refractivity contribution in [2.45, 2.75) is 28.9 Å². The minimum Gasteiger partial charge on any atom is -0.472 e. The summed E-state index contributed by atoms with van der Waals surface area (Å²) in [7, 11) is 4.17. The van der Waals surface area contributed by atoms with E-state index in [1.807, 2.05) is 18.2 Å². The zero-order valence-corrected chi connectivity index (χ0v) is 18.8. The van der Waals surface area contributed by atoms with Crippen molar-refractivity contribution in [3.63, 3.8) is 0 Å². The van der Waals surface area contributed by atoms with E-state index in [2.05, 4.69) is 34.9 Å². The van der Waals surface area contributed by atoms with Gasteiger partial charge in [-0.15, -0.1) is 0 Å². The Hall–Kier alpha value is -3.15. The summed E-state index contributed by atoms with van der Waals surface area (Å²) in [5.74, 6) is 0.795. The van der Waals surface area contributed by atoms with Crippen molar-refractivity contribution >= 4 is 17.7 Å². The van der Waals surface area contributed by atoms with E-state index in [0.29, 0.717) is 23.4 Å². The molecule has 1 aliphatic heterocycles. The predicted molar refractivity (Wildman–Crippen MR) is 122 cm³/mol. The second-order valence-electron chi connectivity index (χ2n) is 7.85. The Morgan fingerprint density at radius 1 is 1.25 bits per heavy atom. The van der Waals surface area contributed by atoms with Crippen LogP contribution in [0.1, 0.15) is 17.5 Å². The molecular formula is C24H24FN5OS. The third kappa shape index (κ3) is 5.36. The Kier molecular flexibility index (Phi) is 6.88. The molecule has 4 rings (SSSR count). The predicted octanol–water partition coefficient (Wildman–Crippen LogP) is 4.36. The van der Waals surface area contributed by atoms with Crippen LogP contribution in [-0.4, -0.2) is 48.1 Å². The minimum atomic E-state index is -0.298. The van der Waals surface area contributed by atoms with E-state index in [1.54, 1.807) is 24.4 Å². The van der Waals surface area contributed by atoms with Crippen LogP contribution in [0.15, 0.2) is 64.5 Å². The fourth-order valence-electron chi connectivity index (χ4n) is 3.52. The van der Waals surface area contributed by atoms with E-state index in [0.717, 1.165) is 34.9 Å². The number of ether oxygens (including phenoxy) is 1. The molecule has 1 aromatic heterocycles. The van der Waals surface area contributed by atoms with Gasteiger partial charge < -0.3 is 14.5 Å². The largest absolute Gasteiger partial charge is 0.472 e. The molecule has 0 saturated carbocycles. The third-order valence-electron chi connectivity index (χ3n) is 5.36. The van der Waals surface area contributed by atoms with E-state index >= 15 is 0 Å². The molecule has 1 aliphatic rings. The molecule has 0 bridgehead atoms. The lowest BCUT2D eigenvalue weighted by molar-refractivity contribution is 0.284. The highest BCUT2D eigenvalue weighted by Gasteiger charge is 2.26. The third-order valence-corrected chi connectivity index (χ3v) is 6.37. The van der Waals surface area contributed by atoms with Crippen LogP contribution >= 0.6 is 11.8 Å². The first kappa shape index (κ1) is 22.1. The Bertz CT molecular complexity index is 1120. The average Bonchev–Trinajstić information content (AvgIpc) is 3.30. The lowest BCUT2D eigenvalue weighted by atomic mass is 10.2. The second kappa shape index (κ2) is 9.98. The number of halogens is 1. The van der Waals surface area contributed by atoms with Crippen molar-refractivity contribution in [2.24, 2.45) is 0 Å². The lowest BCUT2D eigenvalue weighted by Gasteiger charge is -2.21. The molecule has 1 fully saturated rings. The molecule has 0 spiro atoms. The normalized spacial score (nSPS) is 15.7. The molecule has 2 heterocycles. The Balaban J connectivity index is 1.58. The van der Waals surface area contributed by atoms with Crippen molar-refractivity contribution < 1.29 is 9.13 Å². The van der Waals surface area contributed by atoms with Gasteiger partial charge in [0.05, 0.1) is 22.7 Å². The topological polar surface area (TPSA) is 65.3 Å². The van der Waals surface area contributed by atoms with Crippen molar-refractivity contribution in [1.29, 1.82) is 5.26 Å². The standard InChI is InChI=1S/C24H24FN5OS/c1-29(2)20-10-11-30(15-20)24-27-14-22(32-21-8-6-17(13-26)7-9-21)23(28-24)31-16-18-4-3-5-19(25)12-18/h3-9,12,14,20H,10-11,15-16H2,1-2H3/t20-/m1/s1. The van der Waals surface area contributed by atoms with Crippen molar-refractivity contribution in [2.75, 3.05) is 32.1 Å². The number of likely N-dealkylation sites (N-methyl/N-ethyl adjacent to an activating group) is 1. The Morgan fingerprint density at radius 2 is 2.06 bits per heavy atom. The van der Waals surface area contributed by atoms with Gasteiger partial charge in [0.2, 0.25) is 11.8 Å². The summed E-state index contributed by atoms with van der Waals surface area (Å²) in [4.78, 5) is 15.4. The van der Waals surface area contributed by atoms with Gasteiger partial charge in [-0.3, -0.25) is 0 Å². The maximum atomic E-state index is 13.6. The summed E-state index contributed by atoms with van der Waals surface area (Å²) < 4.78 is 19.6. The molecule has 1 atom stereocenters. The van der Waals surface area contributed by atoms with E-state index in [-0.39, 0.29) is 12.4 Å². The first-order chi connectivity index (χ1) is 15.5. The molecule has 0 radical (unpaired) electrons. The van der Waals surface area contributed by atoms with Gasteiger partial charge in [0.25, 0.3) is 0 Å². The fourth-order valence-corrected chi connectivity index (χ4v) is 4.34. The molecule has 1 saturated heterocycles. The summed E-state index contributed by atoms with van der Waals surface area (Å²) in [6, 6.07) is 16.3. The van der Waals surface area contributed by atoms with Gasteiger partial charge >= 0.3 is 0 Å². The summed E-state index contributed by atoms with van der Waals surface area (Å²) in [5, 5.41) is 9.02. The molecule has 0 aliphatic carbocycles. The van der Waals surface area contributed by atoms with Gasteiger partial charge in [-0.1, -0.05) is 23.9 Å². The number of benzene rings is 2. The highest BCUT2D eigenvalue weighted by molar-refractivity contribution is 7.99. The van der Waals surface area contributed by atoms with Crippen LogP contribution in [0, 0.1) is 17.1 Å². The van der Waals surface area contributed by atoms with Crippen LogP contribution in [0.4, 0.5) is 10.3 Å². The zero-order valence-electron chi connectivity index (χ0n) is 18.0. The number of hydrogen-bond acceptors (Lipinski definition) is 7. The van der Waals surface area contributed by atoms with Crippen LogP contribution in [0.25, 0.3) is 0 Å². The maximum absolute atomic E-state index is 13.6. The second-order valence-corrected chi connectivity index (χ2v) is 8.96. The van der Waals surface area contributed by atoms with Gasteiger partial charge in [-0.05, 0) is 62.5 Å². The number of hydrogen-bond donors (Lipinski definition) is 0. The summed E-state index contributed by atoms with van der Waals surface area (Å²) >= 11 is 1.47. The fraction of sp³-hybridized carbons (Fsp3) is 0.292. The molecule has 6 nitrogen and oxygen atoms in total. The van der Waals surface area contributed by atoms with Crippen LogP contribution in [0.3, 0.4) is 0 Å². The SMILES string of the molecule is CN(C)[C@@H]1CCN(c2ncc(Sc3ccc(C#N)cc3)c(OCc3cccc(F)c3)n2)C1. The molecule has 0 N–H and O–H groups in total. The number of aromatic nitrogens is 2. The smallest absolute Gasteiger partial charge is 0.232 e. The van der Waals surface area contributed by atoms with Gasteiger partial charge in [0, 0.05) is 24.0 Å². The molecule has 0 unspecified atom stereocenters. The van der Waals surface area contributed by atoms with Gasteiger partial charge in [-0.2, -0.15) is 10.2 Å². The minimum absolute atomic E-state index is 0.204. The van der Waals surface area contributed by atoms with E-state index in [4.69, 9.17) is 15.0 Å². The Labute approximate surface area is 191 Å². The van der Waals surface area contributed by atoms with Gasteiger partial charge in [0.1, 0.15) is 12.4 Å². The number of nitrogens with zero attached hydrogens (tertiary/aromatic N) is 5. The molecule has 2 aromatic carbocycles. The van der Waals surface area contributed by atoms with Crippen LogP contribution in [-0.2, 0) is 6.61 Å². The van der Waals surface area contributed by atoms with E-state index in [9.17, 15) is 4.39 Å². The summed E-state index contributed by atoms with van der Waals surface area (Å²) in [6.45, 7) is 1.95. The highest BCUT2D eigenvalue weighted by atomic mass is 32.2. The molecule has 164 valence electrons. The van der Waals surface area contributed by atoms with Crippen molar-refractivity contribution in [3.8, 4) is 11.9 Å². The highest BCUT2D eigenvalue weighted by Crippen LogP contribution is 2.35. The van der Waals surface area contributed by atoms with Crippen LogP contribution in [0.2, 0.25) is 0 Å². The maximum Gasteiger partial charge on any atom is 0.232 e. The van der Waals surface area contributed by atoms with Crippen LogP contribution in [0.5, 0.6) is 5.88 Å². The van der Waals surface area contributed by atoms with Crippen molar-refractivity contribution in [3.05, 3.63) is 71.7 Å². The molecule has 8 heteroatoms. The molecular weight excluding hydrogens is 425 g/mol. The van der Waals surface area contributed by atoms with Crippen molar-refractivity contribution in [1.82, 2.24) is 14.9 Å². The van der Waals surface area contributed by atoms with Crippen LogP contribution < -0.4 is 9.64 Å². The summed E-state index contributed by atoms with van der Waals surface area (Å²) in [6.07, 6.45) is 2.83. The van der Waals surface area contributed by atoms with E-state index in [1.165, 1.54) is 23.9 Å². The Morgan fingerprint density at radius 3 is 2.75 bits per heavy atom. The first-order valence-electron chi connectivity index (χ1n) is 10.4. The van der Waals surface area contributed by atoms with Gasteiger partial charge in [0.15, 0.2) is 0 Å².